The first-order valence-corrected chi connectivity index (χ1v) is 17.2. The Bertz CT molecular complexity index is 1960. The van der Waals surface area contributed by atoms with Gasteiger partial charge >= 0.3 is 0 Å². The molecule has 8 heteroatoms. The molecule has 1 aromatic heterocycles. The van der Waals surface area contributed by atoms with Crippen LogP contribution in [0.15, 0.2) is 125 Å². The summed E-state index contributed by atoms with van der Waals surface area (Å²) in [6, 6.07) is 40.2. The molecule has 216 valence electrons. The number of carbonyl (C=O) groups is 1. The molecule has 0 saturated carbocycles. The van der Waals surface area contributed by atoms with Crippen molar-refractivity contribution in [2.45, 2.75) is 13.8 Å². The van der Waals surface area contributed by atoms with E-state index in [1.54, 1.807) is 12.1 Å². The smallest absolute Gasteiger partial charge is 0.284 e. The highest BCUT2D eigenvalue weighted by Crippen LogP contribution is 2.48. The van der Waals surface area contributed by atoms with Gasteiger partial charge < -0.3 is 4.57 Å². The maximum Gasteiger partial charge on any atom is 0.284 e. The number of hydrogen-bond acceptors (Lipinski definition) is 3. The number of benzene rings is 4. The number of aliphatic imine (C=N–C) groups is 1. The van der Waals surface area contributed by atoms with Gasteiger partial charge in [0.05, 0.1) is 20.9 Å². The van der Waals surface area contributed by atoms with E-state index >= 15 is 0 Å². The van der Waals surface area contributed by atoms with Crippen LogP contribution in [0.2, 0.25) is 10.0 Å². The third-order valence-corrected chi connectivity index (χ3v) is 13.5. The fourth-order valence-corrected chi connectivity index (χ4v) is 11.4. The van der Waals surface area contributed by atoms with Crippen molar-refractivity contribution in [1.82, 2.24) is 4.57 Å². The molecule has 4 nitrogen and oxygen atoms in total. The van der Waals surface area contributed by atoms with Crippen molar-refractivity contribution in [2.75, 3.05) is 0 Å². The zero-order valence-corrected chi connectivity index (χ0v) is 27.1. The van der Waals surface area contributed by atoms with Crippen LogP contribution >= 0.6 is 41.8 Å². The van der Waals surface area contributed by atoms with Crippen LogP contribution in [0.25, 0.3) is 11.8 Å². The van der Waals surface area contributed by atoms with E-state index in [1.807, 2.05) is 91.2 Å². The summed E-state index contributed by atoms with van der Waals surface area (Å²) in [5.41, 5.74) is 3.48. The van der Waals surface area contributed by atoms with E-state index in [0.29, 0.717) is 25.3 Å². The van der Waals surface area contributed by atoms with Gasteiger partial charge in [0, 0.05) is 16.4 Å². The van der Waals surface area contributed by atoms with Crippen molar-refractivity contribution in [3.8, 4) is 11.8 Å². The molecule has 44 heavy (non-hydrogen) atoms. The molecule has 5 aromatic rings. The number of amides is 1. The fourth-order valence-electron chi connectivity index (χ4n) is 5.67. The number of carbonyl (C=O) groups excluding carboxylic acids is 1. The van der Waals surface area contributed by atoms with Crippen LogP contribution in [-0.2, 0) is 4.79 Å². The van der Waals surface area contributed by atoms with Gasteiger partial charge in [-0.15, -0.1) is 0 Å². The lowest BCUT2D eigenvalue weighted by atomic mass is 10.2. The van der Waals surface area contributed by atoms with Crippen LogP contribution in [0.4, 0.5) is 0 Å². The zero-order valence-electron chi connectivity index (χ0n) is 23.9. The largest absolute Gasteiger partial charge is 0.316 e. The van der Waals surface area contributed by atoms with E-state index in [9.17, 15) is 10.1 Å². The van der Waals surface area contributed by atoms with Gasteiger partial charge in [-0.2, -0.15) is 5.26 Å². The third-order valence-electron chi connectivity index (χ3n) is 7.60. The predicted octanol–water partition coefficient (Wildman–Crippen LogP) is 8.10. The summed E-state index contributed by atoms with van der Waals surface area (Å²) in [5.74, 6) is -0.365. The highest BCUT2D eigenvalue weighted by atomic mass is 35.5. The Morgan fingerprint density at radius 3 is 1.91 bits per heavy atom. The van der Waals surface area contributed by atoms with Gasteiger partial charge in [0.1, 0.15) is 11.1 Å². The summed E-state index contributed by atoms with van der Waals surface area (Å²) in [5, 5.41) is 16.1. The Hall–Kier alpha value is -4.04. The molecule has 0 fully saturated rings. The molecular formula is C36H26Cl2N3OPS. The molecule has 0 atom stereocenters. The molecule has 0 bridgehead atoms. The van der Waals surface area contributed by atoms with Crippen LogP contribution in [0.1, 0.15) is 17.0 Å². The number of nitrogens with zero attached hydrogens (tertiary/aromatic N) is 3. The standard InChI is InChI=1S/C36H26Cl2N3OPS/c1-24-20-26(25(2)41(24)32-22-27(37)18-19-31(32)38)21-34-35(42)40-36(44-34)33(23-39)43(28-12-6-3-7-13-28,29-14-8-4-9-15-29)30-16-10-5-11-17-30/h3-22H,1-2H3. The second kappa shape index (κ2) is 12.5. The van der Waals surface area contributed by atoms with Gasteiger partial charge in [-0.3, -0.25) is 4.79 Å². The van der Waals surface area contributed by atoms with Crippen molar-refractivity contribution in [2.24, 2.45) is 4.99 Å². The Balaban J connectivity index is 1.53. The van der Waals surface area contributed by atoms with Crippen molar-refractivity contribution in [1.29, 1.82) is 5.26 Å². The van der Waals surface area contributed by atoms with Gasteiger partial charge in [0.25, 0.3) is 5.91 Å². The Kier molecular flexibility index (Phi) is 8.54. The van der Waals surface area contributed by atoms with Crippen molar-refractivity contribution in [3.05, 3.63) is 147 Å². The first-order valence-electron chi connectivity index (χ1n) is 13.9. The Labute approximate surface area is 271 Å². The molecule has 0 aliphatic carbocycles. The first kappa shape index (κ1) is 30.0. The van der Waals surface area contributed by atoms with Gasteiger partial charge in [0.2, 0.25) is 0 Å². The number of thioether (sulfide) groups is 1. The van der Waals surface area contributed by atoms with E-state index in [0.717, 1.165) is 38.6 Å². The van der Waals surface area contributed by atoms with E-state index in [1.165, 1.54) is 11.8 Å². The lowest BCUT2D eigenvalue weighted by Gasteiger charge is -2.30. The summed E-state index contributed by atoms with van der Waals surface area (Å²) < 4.78 is 2.02. The number of halogens is 2. The molecule has 2 heterocycles. The van der Waals surface area contributed by atoms with Crippen LogP contribution in [0.3, 0.4) is 0 Å². The molecule has 6 rings (SSSR count). The molecule has 0 radical (unpaired) electrons. The summed E-state index contributed by atoms with van der Waals surface area (Å²) in [6.07, 6.45) is 1.85. The van der Waals surface area contributed by atoms with Gasteiger partial charge in [0.15, 0.2) is 0 Å². The van der Waals surface area contributed by atoms with Crippen LogP contribution in [0, 0.1) is 25.2 Å². The maximum absolute atomic E-state index is 13.5. The summed E-state index contributed by atoms with van der Waals surface area (Å²) in [6.45, 7) is 1.24. The average molecular weight is 651 g/mol. The maximum atomic E-state index is 13.5. The predicted molar refractivity (Wildman–Crippen MR) is 189 cm³/mol. The molecule has 1 aliphatic heterocycles. The molecule has 1 amide bonds. The molecule has 0 spiro atoms. The molecule has 0 unspecified atom stereocenters. The van der Waals surface area contributed by atoms with E-state index in [2.05, 4.69) is 47.5 Å². The highest BCUT2D eigenvalue weighted by Gasteiger charge is 2.36. The zero-order chi connectivity index (χ0) is 30.8. The number of rotatable bonds is 6. The van der Waals surface area contributed by atoms with E-state index in [4.69, 9.17) is 23.2 Å². The van der Waals surface area contributed by atoms with E-state index in [-0.39, 0.29) is 5.91 Å². The summed E-state index contributed by atoms with van der Waals surface area (Å²) in [4.78, 5) is 18.5. The van der Waals surface area contributed by atoms with Crippen molar-refractivity contribution >= 4 is 80.1 Å². The van der Waals surface area contributed by atoms with Gasteiger partial charge in [-0.1, -0.05) is 126 Å². The summed E-state index contributed by atoms with van der Waals surface area (Å²) >= 11 is 14.1. The highest BCUT2D eigenvalue weighted by molar-refractivity contribution is 8.22. The van der Waals surface area contributed by atoms with Crippen LogP contribution in [0.5, 0.6) is 0 Å². The van der Waals surface area contributed by atoms with Gasteiger partial charge in [-0.25, -0.2) is 4.99 Å². The van der Waals surface area contributed by atoms with Crippen molar-refractivity contribution < 1.29 is 4.79 Å². The SMILES string of the molecule is Cc1cc(C=C2SC(C(C#N)=P(c3ccccc3)(c3ccccc3)c3ccccc3)=NC2=O)c(C)n1-c1cc(Cl)ccc1Cl. The van der Waals surface area contributed by atoms with Crippen LogP contribution in [-0.4, -0.2) is 20.8 Å². The number of aromatic nitrogens is 1. The second-order valence-corrected chi connectivity index (χ2v) is 15.4. The monoisotopic (exact) mass is 649 g/mol. The van der Waals surface area contributed by atoms with Gasteiger partial charge in [-0.05, 0) is 72.6 Å². The minimum absolute atomic E-state index is 0.365. The molecule has 4 aromatic carbocycles. The molecule has 0 saturated heterocycles. The molecule has 1 aliphatic rings. The Morgan fingerprint density at radius 1 is 0.841 bits per heavy atom. The topological polar surface area (TPSA) is 58.1 Å². The minimum Gasteiger partial charge on any atom is -0.316 e. The number of nitriles is 1. The van der Waals surface area contributed by atoms with Crippen LogP contribution < -0.4 is 15.9 Å². The minimum atomic E-state index is -2.72. The number of hydrogen-bond donors (Lipinski definition) is 0. The van der Waals surface area contributed by atoms with Crippen molar-refractivity contribution in [3.63, 3.8) is 0 Å². The first-order chi connectivity index (χ1) is 21.3. The lowest BCUT2D eigenvalue weighted by molar-refractivity contribution is -0.113. The summed E-state index contributed by atoms with van der Waals surface area (Å²) in [7, 11) is 0. The fraction of sp³-hybridized carbons (Fsp3) is 0.0556. The molecule has 0 N–H and O–H groups in total. The second-order valence-electron chi connectivity index (χ2n) is 10.2. The van der Waals surface area contributed by atoms with E-state index < -0.39 is 6.89 Å². The number of aryl methyl sites for hydroxylation is 1. The normalized spacial score (nSPS) is 14.0. The third kappa shape index (κ3) is 5.30. The average Bonchev–Trinajstić information content (AvgIpc) is 3.55. The lowest BCUT2D eigenvalue weighted by Crippen LogP contribution is -2.32. The Morgan fingerprint density at radius 2 is 1.39 bits per heavy atom. The quantitative estimate of drug-likeness (QED) is 0.138. The molecular weight excluding hydrogens is 624 g/mol.